The maximum Gasteiger partial charge on any atom is 0.311 e. The number of benzene rings is 2. The van der Waals surface area contributed by atoms with Gasteiger partial charge in [0.15, 0.2) is 11.5 Å². The van der Waals surface area contributed by atoms with Gasteiger partial charge in [-0.05, 0) is 29.3 Å². The third kappa shape index (κ3) is 3.28. The predicted octanol–water partition coefficient (Wildman–Crippen LogP) is 2.51. The van der Waals surface area contributed by atoms with Gasteiger partial charge in [0.2, 0.25) is 12.7 Å². The Morgan fingerprint density at radius 3 is 2.84 bits per heavy atom. The first-order valence-electron chi connectivity index (χ1n) is 8.14. The molecule has 0 fully saturated rings. The van der Waals surface area contributed by atoms with E-state index in [1.165, 1.54) is 0 Å². The summed E-state index contributed by atoms with van der Waals surface area (Å²) in [4.78, 5) is 24.0. The summed E-state index contributed by atoms with van der Waals surface area (Å²) in [6.07, 6.45) is 0.463. The molecule has 128 valence electrons. The molecule has 0 saturated carbocycles. The van der Waals surface area contributed by atoms with E-state index in [4.69, 9.17) is 14.2 Å². The van der Waals surface area contributed by atoms with Crippen molar-refractivity contribution in [2.75, 3.05) is 6.79 Å². The number of hydrogen-bond donors (Lipinski definition) is 1. The first kappa shape index (κ1) is 15.5. The van der Waals surface area contributed by atoms with Crippen LogP contribution in [-0.4, -0.2) is 18.7 Å². The number of carbonyl (C=O) groups excluding carboxylic acids is 2. The number of fused-ring (bicyclic) bond motifs is 2. The number of ether oxygens (including phenoxy) is 3. The molecule has 1 unspecified atom stereocenters. The van der Waals surface area contributed by atoms with Crippen LogP contribution in [-0.2, 0) is 16.1 Å². The highest BCUT2D eigenvalue weighted by Gasteiger charge is 2.28. The van der Waals surface area contributed by atoms with Crippen molar-refractivity contribution in [3.63, 3.8) is 0 Å². The molecule has 1 N–H and O–H groups in total. The van der Waals surface area contributed by atoms with Gasteiger partial charge in [0, 0.05) is 18.9 Å². The van der Waals surface area contributed by atoms with Crippen molar-refractivity contribution in [3.8, 4) is 17.2 Å². The van der Waals surface area contributed by atoms with Crippen molar-refractivity contribution in [2.24, 2.45) is 0 Å². The summed E-state index contributed by atoms with van der Waals surface area (Å²) in [5, 5.41) is 2.90. The minimum Gasteiger partial charge on any atom is -0.454 e. The monoisotopic (exact) mass is 339 g/mol. The number of rotatable bonds is 4. The highest BCUT2D eigenvalue weighted by molar-refractivity contribution is 5.81. The van der Waals surface area contributed by atoms with E-state index < -0.39 is 0 Å². The molecule has 1 atom stereocenters. The van der Waals surface area contributed by atoms with Crippen LogP contribution < -0.4 is 19.5 Å². The Morgan fingerprint density at radius 2 is 1.92 bits per heavy atom. The van der Waals surface area contributed by atoms with E-state index in [1.807, 2.05) is 36.4 Å². The Hall–Kier alpha value is -3.02. The summed E-state index contributed by atoms with van der Waals surface area (Å²) < 4.78 is 15.8. The summed E-state index contributed by atoms with van der Waals surface area (Å²) in [7, 11) is 0. The molecule has 2 aliphatic rings. The van der Waals surface area contributed by atoms with E-state index >= 15 is 0 Å². The van der Waals surface area contributed by atoms with E-state index in [9.17, 15) is 9.59 Å². The van der Waals surface area contributed by atoms with E-state index in [1.54, 1.807) is 6.07 Å². The lowest BCUT2D eigenvalue weighted by atomic mass is 9.89. The molecule has 0 saturated heterocycles. The second kappa shape index (κ2) is 6.47. The van der Waals surface area contributed by atoms with Crippen LogP contribution in [0.5, 0.6) is 17.2 Å². The second-order valence-corrected chi connectivity index (χ2v) is 6.08. The van der Waals surface area contributed by atoms with E-state index in [2.05, 4.69) is 5.32 Å². The Morgan fingerprint density at radius 1 is 1.08 bits per heavy atom. The summed E-state index contributed by atoms with van der Waals surface area (Å²) in [6, 6.07) is 12.9. The minimum absolute atomic E-state index is 0.104. The SMILES string of the molecule is O=C(CC1CC(=O)Oc2ccccc21)NCc1ccc2c(c1)OCO2. The zero-order valence-electron chi connectivity index (χ0n) is 13.5. The van der Waals surface area contributed by atoms with Crippen LogP contribution in [0.2, 0.25) is 0 Å². The van der Waals surface area contributed by atoms with Gasteiger partial charge in [0.25, 0.3) is 0 Å². The Kier molecular flexibility index (Phi) is 4.01. The largest absolute Gasteiger partial charge is 0.454 e. The van der Waals surface area contributed by atoms with Crippen molar-refractivity contribution in [1.82, 2.24) is 5.32 Å². The van der Waals surface area contributed by atoms with Gasteiger partial charge in [-0.15, -0.1) is 0 Å². The molecule has 0 aliphatic carbocycles. The van der Waals surface area contributed by atoms with Gasteiger partial charge >= 0.3 is 5.97 Å². The van der Waals surface area contributed by atoms with E-state index in [0.29, 0.717) is 23.8 Å². The summed E-state index contributed by atoms with van der Waals surface area (Å²) in [6.45, 7) is 0.622. The van der Waals surface area contributed by atoms with Gasteiger partial charge in [-0.2, -0.15) is 0 Å². The highest BCUT2D eigenvalue weighted by Crippen LogP contribution is 2.36. The third-order valence-electron chi connectivity index (χ3n) is 4.35. The number of amides is 1. The Balaban J connectivity index is 1.39. The van der Waals surface area contributed by atoms with Gasteiger partial charge in [-0.1, -0.05) is 24.3 Å². The lowest BCUT2D eigenvalue weighted by molar-refractivity contribution is -0.136. The molecule has 2 heterocycles. The molecule has 25 heavy (non-hydrogen) atoms. The van der Waals surface area contributed by atoms with Crippen molar-refractivity contribution >= 4 is 11.9 Å². The van der Waals surface area contributed by atoms with Crippen LogP contribution >= 0.6 is 0 Å². The van der Waals surface area contributed by atoms with Gasteiger partial charge in [0.05, 0.1) is 6.42 Å². The first-order valence-corrected chi connectivity index (χ1v) is 8.14. The normalized spacial score (nSPS) is 17.6. The van der Waals surface area contributed by atoms with Crippen molar-refractivity contribution in [1.29, 1.82) is 0 Å². The number of esters is 1. The summed E-state index contributed by atoms with van der Waals surface area (Å²) in [5.41, 5.74) is 1.83. The summed E-state index contributed by atoms with van der Waals surface area (Å²) in [5.74, 6) is 1.39. The average Bonchev–Trinajstić information content (AvgIpc) is 3.07. The number of hydrogen-bond acceptors (Lipinski definition) is 5. The molecule has 6 heteroatoms. The van der Waals surface area contributed by atoms with Gasteiger partial charge in [-0.25, -0.2) is 0 Å². The standard InChI is InChI=1S/C19H17NO5/c21-18(20-10-12-5-6-16-17(7-12)24-11-23-16)8-13-9-19(22)25-15-4-2-1-3-14(13)15/h1-7,13H,8-11H2,(H,20,21). The van der Waals surface area contributed by atoms with Crippen LogP contribution in [0.3, 0.4) is 0 Å². The summed E-state index contributed by atoms with van der Waals surface area (Å²) >= 11 is 0. The van der Waals surface area contributed by atoms with Crippen LogP contribution in [0, 0.1) is 0 Å². The zero-order chi connectivity index (χ0) is 17.2. The van der Waals surface area contributed by atoms with Crippen LogP contribution in [0.15, 0.2) is 42.5 Å². The van der Waals surface area contributed by atoms with Crippen molar-refractivity contribution < 1.29 is 23.8 Å². The van der Waals surface area contributed by atoms with Gasteiger partial charge < -0.3 is 19.5 Å². The number of para-hydroxylation sites is 1. The Labute approximate surface area is 144 Å². The maximum absolute atomic E-state index is 12.3. The molecule has 2 aliphatic heterocycles. The Bertz CT molecular complexity index is 832. The minimum atomic E-state index is -0.299. The highest BCUT2D eigenvalue weighted by atomic mass is 16.7. The van der Waals surface area contributed by atoms with Gasteiger partial charge in [0.1, 0.15) is 5.75 Å². The van der Waals surface area contributed by atoms with Gasteiger partial charge in [-0.3, -0.25) is 9.59 Å². The van der Waals surface area contributed by atoms with E-state index in [-0.39, 0.29) is 37.4 Å². The smallest absolute Gasteiger partial charge is 0.311 e. The fraction of sp³-hybridized carbons (Fsp3) is 0.263. The lowest BCUT2D eigenvalue weighted by Crippen LogP contribution is -2.28. The number of carbonyl (C=O) groups is 2. The number of nitrogens with one attached hydrogen (secondary N) is 1. The fourth-order valence-electron chi connectivity index (χ4n) is 3.12. The van der Waals surface area contributed by atoms with Crippen LogP contribution in [0.25, 0.3) is 0 Å². The molecule has 1 amide bonds. The van der Waals surface area contributed by atoms with E-state index in [0.717, 1.165) is 11.1 Å². The topological polar surface area (TPSA) is 73.9 Å². The molecule has 2 aromatic rings. The molecule has 2 aromatic carbocycles. The molecule has 6 nitrogen and oxygen atoms in total. The van der Waals surface area contributed by atoms with Crippen LogP contribution in [0.4, 0.5) is 0 Å². The molecule has 0 radical (unpaired) electrons. The lowest BCUT2D eigenvalue weighted by Gasteiger charge is -2.23. The van der Waals surface area contributed by atoms with Crippen molar-refractivity contribution in [3.05, 3.63) is 53.6 Å². The predicted molar refractivity (Wildman–Crippen MR) is 88.5 cm³/mol. The first-order chi connectivity index (χ1) is 12.2. The molecule has 0 bridgehead atoms. The maximum atomic E-state index is 12.3. The average molecular weight is 339 g/mol. The second-order valence-electron chi connectivity index (χ2n) is 6.08. The molecule has 0 aromatic heterocycles. The van der Waals surface area contributed by atoms with Crippen molar-refractivity contribution in [2.45, 2.75) is 25.3 Å². The molecule has 4 rings (SSSR count). The molecular formula is C19H17NO5. The molecule has 0 spiro atoms. The quantitative estimate of drug-likeness (QED) is 0.684. The fourth-order valence-corrected chi connectivity index (χ4v) is 3.12. The van der Waals surface area contributed by atoms with Crippen LogP contribution in [0.1, 0.15) is 29.9 Å². The zero-order valence-corrected chi connectivity index (χ0v) is 13.5. The molecular weight excluding hydrogens is 322 g/mol. The third-order valence-corrected chi connectivity index (χ3v) is 4.35.